The lowest BCUT2D eigenvalue weighted by Crippen LogP contribution is -2.04. The van der Waals surface area contributed by atoms with E-state index < -0.39 is 0 Å². The number of rotatable bonds is 15. The van der Waals surface area contributed by atoms with Crippen LogP contribution in [0.4, 0.5) is 0 Å². The maximum absolute atomic E-state index is 5.00. The van der Waals surface area contributed by atoms with E-state index in [0.29, 0.717) is 0 Å². The molecular weight excluding hydrogens is 1680 g/mol. The summed E-state index contributed by atoms with van der Waals surface area (Å²) in [6, 6.07) is 143. The largest absolute Gasteiger partial charge is 0.343 e. The lowest BCUT2D eigenvalue weighted by molar-refractivity contribution is 0.443. The van der Waals surface area contributed by atoms with Crippen LogP contribution in [0.5, 0.6) is 0 Å². The summed E-state index contributed by atoms with van der Waals surface area (Å²) in [6.45, 7) is 0. The molecule has 0 unspecified atom stereocenters. The van der Waals surface area contributed by atoms with E-state index in [2.05, 4.69) is 471 Å². The van der Waals surface area contributed by atoms with Crippen molar-refractivity contribution < 1.29 is 0 Å². The topological polar surface area (TPSA) is 58.4 Å². The SMILES string of the molecule is Cn1c(-c2ccc(-c3ccccc3)cc2)c(-c2nc3ccccc3s2)c2ccccc21.Cn1c(-c2ccc(C3CCCCC3)cc2)c(/C=C/c2ccc(-c3nc4ccccc4s3)cc2)c2ccccc21.Cn1c(-c2ccc3c(c2)Cc2ccccc2-3)c(/C=C/c2ccccc2)c2ccccc21.Cn1c(-c2ccccc2)c(/C=C/c2ccc(-c3nc4ccccc4s3)cc2)c2ccccc21. The second-order valence-electron chi connectivity index (χ2n) is 34.9. The molecule has 0 amide bonds. The Labute approximate surface area is 793 Å². The number of fused-ring (bicyclic) bond motifs is 10. The Bertz CT molecular complexity index is 8210. The smallest absolute Gasteiger partial charge is 0.127 e. The minimum atomic E-state index is 0.727. The second kappa shape index (κ2) is 37.4. The van der Waals surface area contributed by atoms with Crippen LogP contribution in [-0.2, 0) is 34.6 Å². The predicted octanol–water partition coefficient (Wildman–Crippen LogP) is 34.0. The Hall–Kier alpha value is -15.4. The third kappa shape index (κ3) is 16.8. The molecule has 0 bridgehead atoms. The van der Waals surface area contributed by atoms with Crippen LogP contribution in [0.1, 0.15) is 88.1 Å². The van der Waals surface area contributed by atoms with Crippen LogP contribution in [0.15, 0.2) is 400 Å². The summed E-state index contributed by atoms with van der Waals surface area (Å²) in [5.74, 6) is 0.727. The van der Waals surface area contributed by atoms with Crippen LogP contribution in [-0.4, -0.2) is 33.2 Å². The summed E-state index contributed by atoms with van der Waals surface area (Å²) in [5, 5.41) is 8.28. The number of aromatic nitrogens is 7. The molecular formula is C124H97N7S3. The van der Waals surface area contributed by atoms with Crippen molar-refractivity contribution >= 4 is 145 Å². The lowest BCUT2D eigenvalue weighted by Gasteiger charge is -2.22. The van der Waals surface area contributed by atoms with Crippen LogP contribution in [0.3, 0.4) is 0 Å². The quantitative estimate of drug-likeness (QED) is 0.103. The van der Waals surface area contributed by atoms with E-state index in [0.717, 1.165) is 55.0 Å². The van der Waals surface area contributed by atoms with Gasteiger partial charge >= 0.3 is 0 Å². The Morgan fingerprint density at radius 2 is 0.590 bits per heavy atom. The maximum atomic E-state index is 5.00. The van der Waals surface area contributed by atoms with Crippen molar-refractivity contribution in [2.45, 2.75) is 44.4 Å². The van der Waals surface area contributed by atoms with Gasteiger partial charge in [-0.15, -0.1) is 34.0 Å². The van der Waals surface area contributed by atoms with Crippen molar-refractivity contribution in [2.24, 2.45) is 28.2 Å². The highest BCUT2D eigenvalue weighted by Crippen LogP contribution is 2.47. The summed E-state index contributed by atoms with van der Waals surface area (Å²) in [7, 11) is 8.67. The number of hydrogen-bond acceptors (Lipinski definition) is 6. The van der Waals surface area contributed by atoms with Crippen LogP contribution in [0.2, 0.25) is 0 Å². The summed E-state index contributed by atoms with van der Waals surface area (Å²) < 4.78 is 12.9. The zero-order valence-corrected chi connectivity index (χ0v) is 77.7. The molecule has 0 aliphatic heterocycles. The van der Waals surface area contributed by atoms with Crippen molar-refractivity contribution in [3.05, 3.63) is 450 Å². The van der Waals surface area contributed by atoms with Gasteiger partial charge in [0.25, 0.3) is 0 Å². The van der Waals surface area contributed by atoms with Crippen LogP contribution < -0.4 is 0 Å². The normalized spacial score (nSPS) is 12.6. The van der Waals surface area contributed by atoms with E-state index in [1.807, 2.05) is 12.1 Å². The van der Waals surface area contributed by atoms with Gasteiger partial charge in [-0.05, 0) is 170 Å². The van der Waals surface area contributed by atoms with Gasteiger partial charge in [0.2, 0.25) is 0 Å². The third-order valence-corrected chi connectivity index (χ3v) is 29.9. The van der Waals surface area contributed by atoms with E-state index >= 15 is 0 Å². The molecule has 23 aromatic rings. The average molecular weight is 1780 g/mol. The van der Waals surface area contributed by atoms with E-state index in [1.165, 1.54) is 213 Å². The number of hydrogen-bond donors (Lipinski definition) is 0. The van der Waals surface area contributed by atoms with Crippen molar-refractivity contribution in [2.75, 3.05) is 0 Å². The minimum absolute atomic E-state index is 0.727. The molecule has 2 aliphatic rings. The van der Waals surface area contributed by atoms with Crippen molar-refractivity contribution in [1.29, 1.82) is 0 Å². The van der Waals surface area contributed by atoms with Crippen molar-refractivity contribution in [1.82, 2.24) is 33.2 Å². The van der Waals surface area contributed by atoms with Crippen LogP contribution in [0.25, 0.3) is 210 Å². The van der Waals surface area contributed by atoms with Gasteiger partial charge in [0, 0.05) is 105 Å². The number of nitrogens with zero attached hydrogens (tertiary/aromatic N) is 7. The third-order valence-electron chi connectivity index (χ3n) is 26.7. The van der Waals surface area contributed by atoms with E-state index in [9.17, 15) is 0 Å². The van der Waals surface area contributed by atoms with Crippen LogP contribution in [0, 0.1) is 0 Å². The number of thiazole rings is 3. The molecule has 0 spiro atoms. The average Bonchev–Trinajstić information content (AvgIpc) is 1.60. The highest BCUT2D eigenvalue weighted by Gasteiger charge is 2.26. The fourth-order valence-corrected chi connectivity index (χ4v) is 23.0. The van der Waals surface area contributed by atoms with E-state index in [-0.39, 0.29) is 0 Å². The van der Waals surface area contributed by atoms with Gasteiger partial charge in [-0.25, -0.2) is 15.0 Å². The first kappa shape index (κ1) is 84.1. The van der Waals surface area contributed by atoms with Gasteiger partial charge in [0.1, 0.15) is 15.0 Å². The summed E-state index contributed by atoms with van der Waals surface area (Å²) >= 11 is 5.25. The monoisotopic (exact) mass is 1780 g/mol. The zero-order valence-electron chi connectivity index (χ0n) is 75.2. The molecule has 25 rings (SSSR count). The number of aryl methyl sites for hydroxylation is 4. The highest BCUT2D eigenvalue weighted by molar-refractivity contribution is 7.22. The molecule has 646 valence electrons. The summed E-state index contributed by atoms with van der Waals surface area (Å²) in [6.07, 6.45) is 21.3. The summed E-state index contributed by atoms with van der Waals surface area (Å²) in [4.78, 5) is 14.6. The molecule has 10 heteroatoms. The molecule has 7 aromatic heterocycles. The van der Waals surface area contributed by atoms with Gasteiger partial charge in [-0.2, -0.15) is 0 Å². The first-order valence-corrected chi connectivity index (χ1v) is 48.8. The standard InChI is InChI=1S/C36H32N2S.C30H22N2S.C30H23N.C28H20N2S/c1-38-33-13-7-5-11-30(33)31(35(38)28-22-20-27(21-23-28)26-9-3-2-4-10-26)24-17-25-15-18-29(19-16-25)36-37-32-12-6-8-14-34(32)39-36;1-32-27-13-7-5-11-24(27)25(29(32)22-9-3-2-4-10-22)20-17-21-15-18-23(19-16-21)30-31-26-12-6-8-14-28(26)33-30;1-31-29-14-8-7-13-27(29)28(17-15-21-9-3-2-4-10-21)30(31)23-16-18-26-24(20-23)19-22-11-5-6-12-25(22)26;1-30-24-13-7-5-11-22(24)26(28-29-23-12-6-8-14-25(23)31-28)27(30)21-17-15-20(16-18-21)19-9-3-2-4-10-19/h5-8,11-24,26H,2-4,9-10H2,1H3;2-20H,1H3;2-18,20H,19H2,1H3;2-18H,1H3/b24-17+;20-17+;17-15+;. The zero-order chi connectivity index (χ0) is 90.0. The fraction of sp³-hybridized carbons (Fsp3) is 0.0887. The molecule has 16 aromatic carbocycles. The predicted molar refractivity (Wildman–Crippen MR) is 575 cm³/mol. The molecule has 1 fully saturated rings. The molecule has 2 aliphatic carbocycles. The number of benzene rings is 16. The van der Waals surface area contributed by atoms with Crippen molar-refractivity contribution in [3.63, 3.8) is 0 Å². The van der Waals surface area contributed by atoms with Gasteiger partial charge in [-0.3, -0.25) is 0 Å². The van der Waals surface area contributed by atoms with Gasteiger partial charge in [0.15, 0.2) is 0 Å². The Morgan fingerprint density at radius 1 is 0.254 bits per heavy atom. The first-order valence-electron chi connectivity index (χ1n) is 46.3. The van der Waals surface area contributed by atoms with E-state index in [4.69, 9.17) is 15.0 Å². The molecule has 134 heavy (non-hydrogen) atoms. The minimum Gasteiger partial charge on any atom is -0.343 e. The molecule has 0 radical (unpaired) electrons. The number of para-hydroxylation sites is 7. The Balaban J connectivity index is 0.000000104. The van der Waals surface area contributed by atoms with Crippen LogP contribution >= 0.6 is 34.0 Å². The Morgan fingerprint density at radius 3 is 1.09 bits per heavy atom. The van der Waals surface area contributed by atoms with Gasteiger partial charge in [-0.1, -0.05) is 389 Å². The lowest BCUT2D eigenvalue weighted by atomic mass is 9.84. The molecule has 7 nitrogen and oxygen atoms in total. The summed E-state index contributed by atoms with van der Waals surface area (Å²) in [5.41, 5.74) is 38.6. The molecule has 1 saturated carbocycles. The molecule has 0 atom stereocenters. The molecule has 0 saturated heterocycles. The van der Waals surface area contributed by atoms with Gasteiger partial charge in [0.05, 0.1) is 53.4 Å². The highest BCUT2D eigenvalue weighted by atomic mass is 32.1. The maximum Gasteiger partial charge on any atom is 0.127 e. The molecule has 0 N–H and O–H groups in total. The van der Waals surface area contributed by atoms with E-state index in [1.54, 1.807) is 34.0 Å². The second-order valence-corrected chi connectivity index (χ2v) is 38.0. The first-order chi connectivity index (χ1) is 66.1. The fourth-order valence-electron chi connectivity index (χ4n) is 20.0. The van der Waals surface area contributed by atoms with Gasteiger partial charge < -0.3 is 18.3 Å². The Kier molecular flexibility index (Phi) is 23.5. The van der Waals surface area contributed by atoms with Crippen molar-refractivity contribution in [3.8, 4) is 99.0 Å². The molecule has 7 heterocycles.